The molecule has 5 nitrogen and oxygen atoms in total. The van der Waals surface area contributed by atoms with Gasteiger partial charge in [-0.1, -0.05) is 12.1 Å². The number of rotatable bonds is 3. The molecule has 0 amide bonds. The zero-order valence-electron chi connectivity index (χ0n) is 13.5. The van der Waals surface area contributed by atoms with Gasteiger partial charge < -0.3 is 10.1 Å². The third-order valence-corrected chi connectivity index (χ3v) is 3.75. The van der Waals surface area contributed by atoms with Crippen molar-refractivity contribution in [3.05, 3.63) is 58.9 Å². The van der Waals surface area contributed by atoms with E-state index in [1.165, 1.54) is 23.0 Å². The zero-order chi connectivity index (χ0) is 17.4. The van der Waals surface area contributed by atoms with Gasteiger partial charge in [-0.3, -0.25) is 0 Å². The molecule has 0 saturated heterocycles. The number of hydrogen-bond acceptors (Lipinski definition) is 4. The summed E-state index contributed by atoms with van der Waals surface area (Å²) in [5.41, 5.74) is 0.739. The molecule has 1 atom stereocenters. The van der Waals surface area contributed by atoms with E-state index in [0.717, 1.165) is 6.07 Å². The molecule has 1 unspecified atom stereocenters. The summed E-state index contributed by atoms with van der Waals surface area (Å²) in [7, 11) is 0. The fourth-order valence-corrected chi connectivity index (χ4v) is 2.77. The smallest absolute Gasteiger partial charge is 0.338 e. The number of nitrogens with zero attached hydrogens (tertiary/aromatic N) is 2. The van der Waals surface area contributed by atoms with Crippen molar-refractivity contribution in [3.8, 4) is 0 Å². The van der Waals surface area contributed by atoms with Crippen molar-refractivity contribution in [1.29, 1.82) is 0 Å². The summed E-state index contributed by atoms with van der Waals surface area (Å²) in [6, 6.07) is 4.67. The molecule has 1 aromatic heterocycles. The minimum atomic E-state index is -1.01. The molecule has 2 heterocycles. The van der Waals surface area contributed by atoms with Crippen molar-refractivity contribution in [2.75, 3.05) is 5.32 Å². The molecule has 126 valence electrons. The minimum Gasteiger partial charge on any atom is -0.459 e. The second-order valence-electron chi connectivity index (χ2n) is 5.82. The standard InChI is InChI=1S/C17H17F2N3O2/c1-9(2)24-17(23)14-10(3)21-13-7-8-20-22(13)16(14)11-5-4-6-12(18)15(11)19/h4-9,16,21H,1-3H3. The monoisotopic (exact) mass is 333 g/mol. The number of hydrogen-bond donors (Lipinski definition) is 1. The van der Waals surface area contributed by atoms with Crippen molar-refractivity contribution < 1.29 is 18.3 Å². The van der Waals surface area contributed by atoms with E-state index in [2.05, 4.69) is 10.4 Å². The molecule has 0 radical (unpaired) electrons. The van der Waals surface area contributed by atoms with Gasteiger partial charge >= 0.3 is 5.97 Å². The first-order valence-electron chi connectivity index (χ1n) is 7.56. The van der Waals surface area contributed by atoms with Gasteiger partial charge in [0, 0.05) is 17.3 Å². The number of benzene rings is 1. The van der Waals surface area contributed by atoms with Gasteiger partial charge in [-0.2, -0.15) is 5.10 Å². The van der Waals surface area contributed by atoms with Gasteiger partial charge in [-0.15, -0.1) is 0 Å². The predicted molar refractivity (Wildman–Crippen MR) is 84.3 cm³/mol. The van der Waals surface area contributed by atoms with Crippen LogP contribution in [0.15, 0.2) is 41.7 Å². The van der Waals surface area contributed by atoms with E-state index in [-0.39, 0.29) is 17.2 Å². The van der Waals surface area contributed by atoms with E-state index in [0.29, 0.717) is 11.5 Å². The van der Waals surface area contributed by atoms with Crippen LogP contribution in [-0.2, 0) is 9.53 Å². The highest BCUT2D eigenvalue weighted by atomic mass is 19.2. The lowest BCUT2D eigenvalue weighted by molar-refractivity contribution is -0.143. The van der Waals surface area contributed by atoms with Crippen LogP contribution >= 0.6 is 0 Å². The second kappa shape index (κ2) is 6.07. The lowest BCUT2D eigenvalue weighted by Crippen LogP contribution is -2.31. The van der Waals surface area contributed by atoms with E-state index < -0.39 is 23.6 Å². The molecular formula is C17H17F2N3O2. The fourth-order valence-electron chi connectivity index (χ4n) is 2.77. The second-order valence-corrected chi connectivity index (χ2v) is 5.82. The summed E-state index contributed by atoms with van der Waals surface area (Å²) in [5.74, 6) is -1.99. The number of carbonyl (C=O) groups excluding carboxylic acids is 1. The third-order valence-electron chi connectivity index (χ3n) is 3.75. The first-order chi connectivity index (χ1) is 11.4. The highest BCUT2D eigenvalue weighted by molar-refractivity contribution is 5.92. The topological polar surface area (TPSA) is 56.2 Å². The number of carbonyl (C=O) groups is 1. The Morgan fingerprint density at radius 2 is 2.08 bits per heavy atom. The Morgan fingerprint density at radius 3 is 2.79 bits per heavy atom. The highest BCUT2D eigenvalue weighted by Gasteiger charge is 2.36. The van der Waals surface area contributed by atoms with Crippen LogP contribution < -0.4 is 5.32 Å². The summed E-state index contributed by atoms with van der Waals surface area (Å²) in [4.78, 5) is 12.6. The molecule has 0 saturated carbocycles. The van der Waals surface area contributed by atoms with Crippen molar-refractivity contribution in [2.45, 2.75) is 32.9 Å². The van der Waals surface area contributed by atoms with Gasteiger partial charge in [-0.25, -0.2) is 18.3 Å². The molecule has 7 heteroatoms. The Balaban J connectivity index is 2.18. The van der Waals surface area contributed by atoms with Crippen molar-refractivity contribution in [3.63, 3.8) is 0 Å². The Bertz CT molecular complexity index is 827. The van der Waals surface area contributed by atoms with Gasteiger partial charge in [0.25, 0.3) is 0 Å². The SMILES string of the molecule is CC1=C(C(=O)OC(C)C)C(c2cccc(F)c2F)n2nccc2N1. The number of ether oxygens (including phenoxy) is 1. The fraction of sp³-hybridized carbons (Fsp3) is 0.294. The third kappa shape index (κ3) is 2.66. The molecule has 24 heavy (non-hydrogen) atoms. The van der Waals surface area contributed by atoms with Crippen LogP contribution in [0.25, 0.3) is 0 Å². The molecule has 1 aromatic carbocycles. The van der Waals surface area contributed by atoms with E-state index >= 15 is 0 Å². The summed E-state index contributed by atoms with van der Waals surface area (Å²) in [6.07, 6.45) is 1.19. The van der Waals surface area contributed by atoms with E-state index in [9.17, 15) is 13.6 Å². The zero-order valence-corrected chi connectivity index (χ0v) is 13.5. The Labute approximate surface area is 137 Å². The van der Waals surface area contributed by atoms with E-state index in [4.69, 9.17) is 4.74 Å². The lowest BCUT2D eigenvalue weighted by Gasteiger charge is -2.29. The maximum absolute atomic E-state index is 14.4. The minimum absolute atomic E-state index is 0.0245. The summed E-state index contributed by atoms with van der Waals surface area (Å²) in [6.45, 7) is 5.14. The van der Waals surface area contributed by atoms with Crippen LogP contribution in [0.4, 0.5) is 14.6 Å². The molecule has 1 N–H and O–H groups in total. The predicted octanol–water partition coefficient (Wildman–Crippen LogP) is 3.40. The van der Waals surface area contributed by atoms with Gasteiger partial charge in [-0.05, 0) is 26.8 Å². The molecule has 0 aliphatic carbocycles. The Kier molecular flexibility index (Phi) is 4.09. The number of anilines is 1. The quantitative estimate of drug-likeness (QED) is 0.875. The van der Waals surface area contributed by atoms with Crippen molar-refractivity contribution >= 4 is 11.8 Å². The van der Waals surface area contributed by atoms with Crippen molar-refractivity contribution in [2.24, 2.45) is 0 Å². The molecule has 1 aliphatic heterocycles. The summed E-state index contributed by atoms with van der Waals surface area (Å²) in [5, 5.41) is 7.20. The molecule has 1 aliphatic rings. The van der Waals surface area contributed by atoms with Crippen LogP contribution in [0.3, 0.4) is 0 Å². The maximum Gasteiger partial charge on any atom is 0.338 e. The van der Waals surface area contributed by atoms with Crippen LogP contribution in [0.1, 0.15) is 32.4 Å². The molecule has 3 rings (SSSR count). The average Bonchev–Trinajstić information content (AvgIpc) is 2.96. The summed E-state index contributed by atoms with van der Waals surface area (Å²) < 4.78 is 34.8. The average molecular weight is 333 g/mol. The van der Waals surface area contributed by atoms with E-state index in [1.807, 2.05) is 0 Å². The largest absolute Gasteiger partial charge is 0.459 e. The number of fused-ring (bicyclic) bond motifs is 1. The molecule has 0 bridgehead atoms. The number of allylic oxidation sites excluding steroid dienone is 1. The van der Waals surface area contributed by atoms with Gasteiger partial charge in [0.1, 0.15) is 11.9 Å². The first kappa shape index (κ1) is 16.2. The first-order valence-corrected chi connectivity index (χ1v) is 7.56. The normalized spacial score (nSPS) is 16.8. The van der Waals surface area contributed by atoms with Crippen LogP contribution in [0.2, 0.25) is 0 Å². The van der Waals surface area contributed by atoms with Gasteiger partial charge in [0.2, 0.25) is 0 Å². The van der Waals surface area contributed by atoms with E-state index in [1.54, 1.807) is 26.8 Å². The van der Waals surface area contributed by atoms with Gasteiger partial charge in [0.05, 0.1) is 17.9 Å². The lowest BCUT2D eigenvalue weighted by atomic mass is 9.95. The van der Waals surface area contributed by atoms with Crippen LogP contribution in [0.5, 0.6) is 0 Å². The number of esters is 1. The molecule has 0 fully saturated rings. The number of nitrogens with one attached hydrogen (secondary N) is 1. The molecule has 2 aromatic rings. The Hall–Kier alpha value is -2.70. The summed E-state index contributed by atoms with van der Waals surface area (Å²) >= 11 is 0. The maximum atomic E-state index is 14.4. The molecular weight excluding hydrogens is 316 g/mol. The van der Waals surface area contributed by atoms with Gasteiger partial charge in [0.15, 0.2) is 11.6 Å². The highest BCUT2D eigenvalue weighted by Crippen LogP contribution is 2.37. The van der Waals surface area contributed by atoms with Crippen LogP contribution in [0, 0.1) is 11.6 Å². The number of halogens is 2. The number of aromatic nitrogens is 2. The van der Waals surface area contributed by atoms with Crippen molar-refractivity contribution in [1.82, 2.24) is 9.78 Å². The van der Waals surface area contributed by atoms with Crippen LogP contribution in [-0.4, -0.2) is 21.9 Å². The Morgan fingerprint density at radius 1 is 1.33 bits per heavy atom. The molecule has 0 spiro atoms.